The highest BCUT2D eigenvalue weighted by Gasteiger charge is 2.32. The van der Waals surface area contributed by atoms with E-state index < -0.39 is 10.0 Å². The molecular weight excluding hydrogens is 374 g/mol. The molecule has 2 aromatic heterocycles. The number of aryl methyl sites for hydroxylation is 2. The fraction of sp³-hybridized carbons (Fsp3) is 0.278. The fourth-order valence-corrected chi connectivity index (χ4v) is 5.29. The highest BCUT2D eigenvalue weighted by Crippen LogP contribution is 2.32. The molecule has 0 amide bonds. The van der Waals surface area contributed by atoms with Gasteiger partial charge in [0.15, 0.2) is 5.76 Å². The monoisotopic (exact) mass is 391 g/mol. The molecule has 0 fully saturated rings. The lowest BCUT2D eigenvalue weighted by molar-refractivity contribution is 0.389. The molecule has 0 saturated heterocycles. The summed E-state index contributed by atoms with van der Waals surface area (Å²) in [5.41, 5.74) is 3.58. The molecule has 1 aliphatic rings. The first-order chi connectivity index (χ1) is 12.4. The van der Waals surface area contributed by atoms with Gasteiger partial charge in [-0.3, -0.25) is 0 Å². The van der Waals surface area contributed by atoms with Crippen molar-refractivity contribution in [1.82, 2.24) is 14.4 Å². The number of aromatic amines is 1. The zero-order valence-electron chi connectivity index (χ0n) is 14.4. The van der Waals surface area contributed by atoms with Crippen LogP contribution in [0.15, 0.2) is 39.9 Å². The molecule has 0 bridgehead atoms. The molecule has 0 spiro atoms. The van der Waals surface area contributed by atoms with Crippen LogP contribution in [-0.2, 0) is 10.0 Å². The number of hydrogen-bond acceptors (Lipinski definition) is 4. The Morgan fingerprint density at radius 1 is 1.31 bits per heavy atom. The summed E-state index contributed by atoms with van der Waals surface area (Å²) in [6, 6.07) is 5.73. The lowest BCUT2D eigenvalue weighted by atomic mass is 10.00. The minimum atomic E-state index is -3.61. The van der Waals surface area contributed by atoms with Gasteiger partial charge in [-0.2, -0.15) is 4.31 Å². The van der Waals surface area contributed by atoms with E-state index in [1.54, 1.807) is 13.8 Å². The number of sulfonamides is 1. The molecule has 0 radical (unpaired) electrons. The van der Waals surface area contributed by atoms with E-state index in [1.165, 1.54) is 4.31 Å². The van der Waals surface area contributed by atoms with Crippen LogP contribution < -0.4 is 0 Å². The van der Waals surface area contributed by atoms with E-state index in [1.807, 2.05) is 30.5 Å². The van der Waals surface area contributed by atoms with Crippen LogP contribution in [0.5, 0.6) is 0 Å². The maximum absolute atomic E-state index is 12.9. The second-order valence-corrected chi connectivity index (χ2v) is 8.70. The first-order valence-corrected chi connectivity index (χ1v) is 10.1. The Balaban J connectivity index is 1.64. The fourth-order valence-electron chi connectivity index (χ4n) is 3.45. The van der Waals surface area contributed by atoms with Gasteiger partial charge >= 0.3 is 0 Å². The van der Waals surface area contributed by atoms with Crippen LogP contribution >= 0.6 is 11.6 Å². The SMILES string of the molecule is Cc1noc(C)c1S(=O)(=O)N1CC=C(c2c[nH]c3cc(Cl)ccc23)CC1. The van der Waals surface area contributed by atoms with Crippen molar-refractivity contribution in [3.05, 3.63) is 52.5 Å². The average molecular weight is 392 g/mol. The van der Waals surface area contributed by atoms with E-state index in [-0.39, 0.29) is 4.90 Å². The lowest BCUT2D eigenvalue weighted by Gasteiger charge is -2.25. The number of H-pyrrole nitrogens is 1. The molecule has 26 heavy (non-hydrogen) atoms. The van der Waals surface area contributed by atoms with Gasteiger partial charge in [0, 0.05) is 40.8 Å². The molecule has 136 valence electrons. The molecule has 0 atom stereocenters. The van der Waals surface area contributed by atoms with Crippen molar-refractivity contribution in [3.63, 3.8) is 0 Å². The van der Waals surface area contributed by atoms with Crippen LogP contribution in [-0.4, -0.2) is 36.0 Å². The summed E-state index contributed by atoms with van der Waals surface area (Å²) < 4.78 is 32.3. The minimum absolute atomic E-state index is 0.177. The van der Waals surface area contributed by atoms with Crippen LogP contribution in [0.3, 0.4) is 0 Å². The Hall–Kier alpha value is -2.09. The summed E-state index contributed by atoms with van der Waals surface area (Å²) in [7, 11) is -3.61. The highest BCUT2D eigenvalue weighted by atomic mass is 35.5. The summed E-state index contributed by atoms with van der Waals surface area (Å²) in [5.74, 6) is 0.325. The number of hydrogen-bond donors (Lipinski definition) is 1. The van der Waals surface area contributed by atoms with Crippen LogP contribution in [0.1, 0.15) is 23.4 Å². The van der Waals surface area contributed by atoms with E-state index in [0.717, 1.165) is 22.0 Å². The number of benzene rings is 1. The van der Waals surface area contributed by atoms with Crippen molar-refractivity contribution in [2.75, 3.05) is 13.1 Å². The van der Waals surface area contributed by atoms with Gasteiger partial charge in [-0.25, -0.2) is 8.42 Å². The van der Waals surface area contributed by atoms with E-state index in [4.69, 9.17) is 16.1 Å². The molecule has 1 N–H and O–H groups in total. The maximum Gasteiger partial charge on any atom is 0.248 e. The van der Waals surface area contributed by atoms with Gasteiger partial charge in [0.1, 0.15) is 10.6 Å². The highest BCUT2D eigenvalue weighted by molar-refractivity contribution is 7.89. The number of aromatic nitrogens is 2. The summed E-state index contributed by atoms with van der Waals surface area (Å²) in [5, 5.41) is 5.53. The zero-order chi connectivity index (χ0) is 18.5. The Kier molecular flexibility index (Phi) is 4.17. The molecule has 1 aromatic carbocycles. The standard InChI is InChI=1S/C18H18ClN3O3S/c1-11-18(12(2)25-21-11)26(23,24)22-7-5-13(6-8-22)16-10-20-17-9-14(19)3-4-15(16)17/h3-5,9-10,20H,6-8H2,1-2H3. The normalized spacial score (nSPS) is 16.2. The summed E-state index contributed by atoms with van der Waals surface area (Å²) in [6.07, 6.45) is 4.56. The van der Waals surface area contributed by atoms with Gasteiger partial charge in [0.05, 0.1) is 0 Å². The third-order valence-electron chi connectivity index (χ3n) is 4.73. The molecule has 6 nitrogen and oxygen atoms in total. The topological polar surface area (TPSA) is 79.2 Å². The molecule has 3 heterocycles. The Labute approximate surface area is 156 Å². The van der Waals surface area contributed by atoms with E-state index in [2.05, 4.69) is 10.1 Å². The maximum atomic E-state index is 12.9. The quantitative estimate of drug-likeness (QED) is 0.734. The third kappa shape index (κ3) is 2.76. The summed E-state index contributed by atoms with van der Waals surface area (Å²) >= 11 is 6.04. The van der Waals surface area contributed by atoms with Crippen molar-refractivity contribution < 1.29 is 12.9 Å². The smallest absolute Gasteiger partial charge is 0.248 e. The predicted molar refractivity (Wildman–Crippen MR) is 101 cm³/mol. The molecule has 0 aliphatic carbocycles. The van der Waals surface area contributed by atoms with Gasteiger partial charge < -0.3 is 9.51 Å². The van der Waals surface area contributed by atoms with Crippen LogP contribution in [0, 0.1) is 13.8 Å². The van der Waals surface area contributed by atoms with Gasteiger partial charge in [-0.1, -0.05) is 28.9 Å². The van der Waals surface area contributed by atoms with E-state index in [0.29, 0.717) is 36.0 Å². The third-order valence-corrected chi connectivity index (χ3v) is 7.07. The van der Waals surface area contributed by atoms with Gasteiger partial charge in [0.2, 0.25) is 10.0 Å². The van der Waals surface area contributed by atoms with Gasteiger partial charge in [-0.05, 0) is 38.0 Å². The minimum Gasteiger partial charge on any atom is -0.361 e. The summed E-state index contributed by atoms with van der Waals surface area (Å²) in [4.78, 5) is 3.40. The molecule has 0 saturated carbocycles. The second-order valence-electron chi connectivity index (χ2n) is 6.39. The number of halogens is 1. The predicted octanol–water partition coefficient (Wildman–Crippen LogP) is 3.90. The zero-order valence-corrected chi connectivity index (χ0v) is 16.0. The molecule has 1 aliphatic heterocycles. The van der Waals surface area contributed by atoms with Crippen molar-refractivity contribution in [3.8, 4) is 0 Å². The Morgan fingerprint density at radius 3 is 2.77 bits per heavy atom. The summed E-state index contributed by atoms with van der Waals surface area (Å²) in [6.45, 7) is 4.00. The van der Waals surface area contributed by atoms with Crippen LogP contribution in [0.2, 0.25) is 5.02 Å². The molecular formula is C18H18ClN3O3S. The van der Waals surface area contributed by atoms with Crippen molar-refractivity contribution in [2.24, 2.45) is 0 Å². The van der Waals surface area contributed by atoms with Crippen LogP contribution in [0.4, 0.5) is 0 Å². The van der Waals surface area contributed by atoms with Crippen molar-refractivity contribution in [2.45, 2.75) is 25.2 Å². The van der Waals surface area contributed by atoms with Crippen LogP contribution in [0.25, 0.3) is 16.5 Å². The molecule has 3 aromatic rings. The first kappa shape index (κ1) is 17.3. The number of nitrogens with zero attached hydrogens (tertiary/aromatic N) is 2. The van der Waals surface area contributed by atoms with E-state index in [9.17, 15) is 8.42 Å². The number of nitrogens with one attached hydrogen (secondary N) is 1. The Morgan fingerprint density at radius 2 is 2.12 bits per heavy atom. The molecule has 0 unspecified atom stereocenters. The average Bonchev–Trinajstić information content (AvgIpc) is 3.18. The number of fused-ring (bicyclic) bond motifs is 1. The molecule has 4 rings (SSSR count). The van der Waals surface area contributed by atoms with Crippen molar-refractivity contribution in [1.29, 1.82) is 0 Å². The second kappa shape index (κ2) is 6.26. The lowest BCUT2D eigenvalue weighted by Crippen LogP contribution is -2.35. The molecule has 8 heteroatoms. The Bertz CT molecular complexity index is 1110. The number of rotatable bonds is 3. The van der Waals surface area contributed by atoms with Crippen molar-refractivity contribution >= 4 is 38.1 Å². The van der Waals surface area contributed by atoms with E-state index >= 15 is 0 Å². The largest absolute Gasteiger partial charge is 0.361 e. The first-order valence-electron chi connectivity index (χ1n) is 8.27. The van der Waals surface area contributed by atoms with Gasteiger partial charge in [-0.15, -0.1) is 0 Å². The van der Waals surface area contributed by atoms with Gasteiger partial charge in [0.25, 0.3) is 0 Å².